The van der Waals surface area contributed by atoms with Gasteiger partial charge in [-0.2, -0.15) is 0 Å². The monoisotopic (exact) mass is 159 g/mol. The summed E-state index contributed by atoms with van der Waals surface area (Å²) in [5.74, 6) is 0. The van der Waals surface area contributed by atoms with Gasteiger partial charge in [-0.1, -0.05) is 0 Å². The molecular formula is C8H7N4. The van der Waals surface area contributed by atoms with Crippen LogP contribution in [0.15, 0.2) is 23.7 Å². The summed E-state index contributed by atoms with van der Waals surface area (Å²) in [6.07, 6.45) is 9.62. The van der Waals surface area contributed by atoms with Gasteiger partial charge in [0.2, 0.25) is 0 Å². The van der Waals surface area contributed by atoms with Gasteiger partial charge < -0.3 is 5.32 Å². The second-order valence-electron chi connectivity index (χ2n) is 2.29. The summed E-state index contributed by atoms with van der Waals surface area (Å²) in [7, 11) is 0. The highest BCUT2D eigenvalue weighted by Crippen LogP contribution is 2.11. The summed E-state index contributed by atoms with van der Waals surface area (Å²) < 4.78 is 0. The first kappa shape index (κ1) is 6.97. The van der Waals surface area contributed by atoms with Gasteiger partial charge in [0, 0.05) is 24.2 Å². The molecule has 1 radical (unpaired) electrons. The van der Waals surface area contributed by atoms with Crippen LogP contribution >= 0.6 is 0 Å². The molecular weight excluding hydrogens is 152 g/mol. The van der Waals surface area contributed by atoms with Crippen molar-refractivity contribution in [2.45, 2.75) is 0 Å². The van der Waals surface area contributed by atoms with Crippen LogP contribution in [0.2, 0.25) is 0 Å². The maximum Gasteiger partial charge on any atom is 0.115 e. The third-order valence-corrected chi connectivity index (χ3v) is 1.45. The van der Waals surface area contributed by atoms with E-state index in [2.05, 4.69) is 26.5 Å². The Morgan fingerprint density at radius 3 is 2.83 bits per heavy atom. The summed E-state index contributed by atoms with van der Waals surface area (Å²) in [5.41, 5.74) is 1.63. The minimum atomic E-state index is 0.733. The Kier molecular flexibility index (Phi) is 1.82. The highest BCUT2D eigenvalue weighted by Gasteiger charge is 2.01. The SMILES string of the molecule is [C]1=C(c2cncnc2)N=CCN1. The molecule has 1 N–H and O–H groups in total. The third-order valence-electron chi connectivity index (χ3n) is 1.45. The smallest absolute Gasteiger partial charge is 0.115 e. The Bertz CT molecular complexity index is 315. The van der Waals surface area contributed by atoms with Crippen LogP contribution in [0, 0.1) is 6.20 Å². The van der Waals surface area contributed by atoms with Crippen molar-refractivity contribution >= 4 is 11.9 Å². The van der Waals surface area contributed by atoms with Crippen LogP contribution in [0.25, 0.3) is 5.70 Å². The molecule has 0 spiro atoms. The first-order chi connectivity index (χ1) is 5.97. The zero-order valence-corrected chi connectivity index (χ0v) is 6.36. The van der Waals surface area contributed by atoms with E-state index < -0.39 is 0 Å². The van der Waals surface area contributed by atoms with Gasteiger partial charge in [0.1, 0.15) is 6.33 Å². The molecule has 0 atom stereocenters. The minimum Gasteiger partial charge on any atom is -0.377 e. The topological polar surface area (TPSA) is 50.2 Å². The summed E-state index contributed by atoms with van der Waals surface area (Å²) in [6.45, 7) is 0.733. The van der Waals surface area contributed by atoms with Crippen molar-refractivity contribution < 1.29 is 0 Å². The molecule has 0 saturated carbocycles. The molecule has 59 valence electrons. The van der Waals surface area contributed by atoms with Crippen molar-refractivity contribution in [3.8, 4) is 0 Å². The second-order valence-corrected chi connectivity index (χ2v) is 2.29. The fourth-order valence-corrected chi connectivity index (χ4v) is 0.918. The molecule has 4 nitrogen and oxygen atoms in total. The minimum absolute atomic E-state index is 0.733. The van der Waals surface area contributed by atoms with E-state index in [9.17, 15) is 0 Å². The lowest BCUT2D eigenvalue weighted by molar-refractivity contribution is 0.976. The zero-order chi connectivity index (χ0) is 8.23. The third kappa shape index (κ3) is 1.32. The predicted octanol–water partition coefficient (Wildman–Crippen LogP) is 0.252. The Morgan fingerprint density at radius 2 is 2.17 bits per heavy atom. The van der Waals surface area contributed by atoms with Crippen molar-refractivity contribution in [3.63, 3.8) is 0 Å². The van der Waals surface area contributed by atoms with Crippen LogP contribution in [-0.4, -0.2) is 22.7 Å². The number of aromatic nitrogens is 2. The molecule has 4 heteroatoms. The van der Waals surface area contributed by atoms with Gasteiger partial charge in [-0.3, -0.25) is 4.99 Å². The molecule has 1 aliphatic rings. The van der Waals surface area contributed by atoms with E-state index in [1.165, 1.54) is 6.33 Å². The van der Waals surface area contributed by atoms with Crippen LogP contribution in [-0.2, 0) is 0 Å². The van der Waals surface area contributed by atoms with E-state index in [-0.39, 0.29) is 0 Å². The molecule has 1 aromatic heterocycles. The summed E-state index contributed by atoms with van der Waals surface area (Å²) >= 11 is 0. The molecule has 0 unspecified atom stereocenters. The fourth-order valence-electron chi connectivity index (χ4n) is 0.918. The fraction of sp³-hybridized carbons (Fsp3) is 0.125. The number of aliphatic imine (C=N–C) groups is 1. The number of hydrogen-bond acceptors (Lipinski definition) is 4. The van der Waals surface area contributed by atoms with Crippen molar-refractivity contribution in [1.29, 1.82) is 0 Å². The molecule has 2 heterocycles. The van der Waals surface area contributed by atoms with E-state index in [0.717, 1.165) is 17.8 Å². The molecule has 12 heavy (non-hydrogen) atoms. The van der Waals surface area contributed by atoms with Crippen LogP contribution in [0.1, 0.15) is 5.56 Å². The molecule has 0 amide bonds. The van der Waals surface area contributed by atoms with Gasteiger partial charge in [-0.05, 0) is 0 Å². The van der Waals surface area contributed by atoms with Crippen LogP contribution < -0.4 is 5.32 Å². The number of nitrogens with zero attached hydrogens (tertiary/aromatic N) is 3. The van der Waals surface area contributed by atoms with Gasteiger partial charge in [-0.15, -0.1) is 0 Å². The van der Waals surface area contributed by atoms with E-state index in [1.807, 2.05) is 0 Å². The first-order valence-corrected chi connectivity index (χ1v) is 3.60. The molecule has 2 rings (SSSR count). The quantitative estimate of drug-likeness (QED) is 0.639. The van der Waals surface area contributed by atoms with Crippen LogP contribution in [0.5, 0.6) is 0 Å². The van der Waals surface area contributed by atoms with Crippen LogP contribution in [0.3, 0.4) is 0 Å². The average Bonchev–Trinajstić information content (AvgIpc) is 2.21. The van der Waals surface area contributed by atoms with Gasteiger partial charge in [0.15, 0.2) is 0 Å². The van der Waals surface area contributed by atoms with E-state index in [0.29, 0.717) is 0 Å². The first-order valence-electron chi connectivity index (χ1n) is 3.60. The summed E-state index contributed by atoms with van der Waals surface area (Å²) in [5, 5.41) is 2.94. The Morgan fingerprint density at radius 1 is 1.33 bits per heavy atom. The maximum atomic E-state index is 4.14. The molecule has 0 aliphatic carbocycles. The molecule has 0 saturated heterocycles. The van der Waals surface area contributed by atoms with Crippen molar-refractivity contribution in [2.24, 2.45) is 4.99 Å². The summed E-state index contributed by atoms with van der Waals surface area (Å²) in [6, 6.07) is 0. The normalized spacial score (nSPS) is 15.2. The van der Waals surface area contributed by atoms with Gasteiger partial charge in [0.05, 0.1) is 18.4 Å². The lowest BCUT2D eigenvalue weighted by Gasteiger charge is -2.05. The largest absolute Gasteiger partial charge is 0.377 e. The number of hydrogen-bond donors (Lipinski definition) is 1. The standard InChI is InChI=1S/C8H7N4/c1-2-12-8(5-9-1)7-3-10-6-11-4-7/h2-4,6,9H,1H2. The lowest BCUT2D eigenvalue weighted by atomic mass is 10.2. The second kappa shape index (κ2) is 3.13. The maximum absolute atomic E-state index is 4.14. The summed E-state index contributed by atoms with van der Waals surface area (Å²) in [4.78, 5) is 11.9. The van der Waals surface area contributed by atoms with Gasteiger partial charge in [-0.25, -0.2) is 9.97 Å². The molecule has 1 aromatic rings. The van der Waals surface area contributed by atoms with E-state index in [4.69, 9.17) is 0 Å². The Labute approximate surface area is 70.1 Å². The number of rotatable bonds is 1. The van der Waals surface area contributed by atoms with Gasteiger partial charge in [0.25, 0.3) is 0 Å². The van der Waals surface area contributed by atoms with E-state index in [1.54, 1.807) is 18.6 Å². The van der Waals surface area contributed by atoms with Crippen molar-refractivity contribution in [2.75, 3.05) is 6.54 Å². The Balaban J connectivity index is 2.31. The molecule has 1 aliphatic heterocycles. The molecule has 0 aromatic carbocycles. The Hall–Kier alpha value is -1.71. The van der Waals surface area contributed by atoms with Crippen molar-refractivity contribution in [1.82, 2.24) is 15.3 Å². The van der Waals surface area contributed by atoms with E-state index >= 15 is 0 Å². The zero-order valence-electron chi connectivity index (χ0n) is 6.36. The molecule has 0 fully saturated rings. The predicted molar refractivity (Wildman–Crippen MR) is 45.2 cm³/mol. The number of nitrogens with one attached hydrogen (secondary N) is 1. The van der Waals surface area contributed by atoms with Crippen molar-refractivity contribution in [3.05, 3.63) is 30.5 Å². The highest BCUT2D eigenvalue weighted by atomic mass is 14.9. The van der Waals surface area contributed by atoms with Gasteiger partial charge >= 0.3 is 0 Å². The lowest BCUT2D eigenvalue weighted by Crippen LogP contribution is -2.13. The molecule has 0 bridgehead atoms. The average molecular weight is 159 g/mol. The van der Waals surface area contributed by atoms with Crippen LogP contribution in [0.4, 0.5) is 0 Å². The highest BCUT2D eigenvalue weighted by molar-refractivity contribution is 5.75.